The van der Waals surface area contributed by atoms with Crippen molar-refractivity contribution in [1.29, 1.82) is 0 Å². The molecule has 0 amide bonds. The average molecular weight is 347 g/mol. The van der Waals surface area contributed by atoms with E-state index in [0.29, 0.717) is 12.2 Å². The zero-order valence-electron chi connectivity index (χ0n) is 15.3. The number of aromatic nitrogens is 1. The van der Waals surface area contributed by atoms with Gasteiger partial charge in [0.15, 0.2) is 5.76 Å². The van der Waals surface area contributed by atoms with Crippen LogP contribution in [0.15, 0.2) is 65.2 Å². The molecule has 26 heavy (non-hydrogen) atoms. The van der Waals surface area contributed by atoms with Crippen molar-refractivity contribution in [2.75, 3.05) is 0 Å². The summed E-state index contributed by atoms with van der Waals surface area (Å²) < 4.78 is 5.65. The second-order valence-electron chi connectivity index (χ2n) is 6.72. The molecule has 0 N–H and O–H groups in total. The number of unbranched alkanes of at least 4 members (excludes halogenated alkanes) is 3. The molecule has 0 aliphatic heterocycles. The van der Waals surface area contributed by atoms with Gasteiger partial charge in [0.25, 0.3) is 5.89 Å². The van der Waals surface area contributed by atoms with E-state index in [1.807, 2.05) is 37.3 Å². The fourth-order valence-corrected chi connectivity index (χ4v) is 2.97. The molecule has 0 saturated carbocycles. The summed E-state index contributed by atoms with van der Waals surface area (Å²) in [5.41, 5.74) is 3.52. The first kappa shape index (κ1) is 18.1. The van der Waals surface area contributed by atoms with Crippen molar-refractivity contribution in [3.63, 3.8) is 0 Å². The molecule has 0 atom stereocenters. The highest BCUT2D eigenvalue weighted by Gasteiger charge is 2.13. The zero-order valence-corrected chi connectivity index (χ0v) is 15.3. The number of hydrogen-bond acceptors (Lipinski definition) is 3. The monoisotopic (exact) mass is 347 g/mol. The fraction of sp³-hybridized carbons (Fsp3) is 0.304. The van der Waals surface area contributed by atoms with Crippen molar-refractivity contribution in [3.8, 4) is 11.3 Å². The number of hydrogen-bond donors (Lipinski definition) is 0. The normalized spacial score (nSPS) is 10.8. The van der Waals surface area contributed by atoms with E-state index in [-0.39, 0.29) is 11.7 Å². The number of ketones is 1. The molecule has 0 aliphatic carbocycles. The second-order valence-corrected chi connectivity index (χ2v) is 6.72. The molecular weight excluding hydrogens is 322 g/mol. The Morgan fingerprint density at radius 3 is 2.42 bits per heavy atom. The average Bonchev–Trinajstić information content (AvgIpc) is 3.16. The summed E-state index contributed by atoms with van der Waals surface area (Å²) in [5.74, 6) is 0.868. The summed E-state index contributed by atoms with van der Waals surface area (Å²) in [6.07, 6.45) is 7.49. The lowest BCUT2D eigenvalue weighted by Crippen LogP contribution is -1.99. The molecule has 134 valence electrons. The van der Waals surface area contributed by atoms with Gasteiger partial charge in [-0.1, -0.05) is 73.0 Å². The third-order valence-electron chi connectivity index (χ3n) is 4.54. The number of nitrogens with zero attached hydrogens (tertiary/aromatic N) is 1. The van der Waals surface area contributed by atoms with Gasteiger partial charge in [-0.2, -0.15) is 0 Å². The van der Waals surface area contributed by atoms with E-state index in [4.69, 9.17) is 4.42 Å². The maximum Gasteiger partial charge on any atom is 0.263 e. The van der Waals surface area contributed by atoms with Gasteiger partial charge >= 0.3 is 0 Å². The van der Waals surface area contributed by atoms with Crippen LogP contribution in [0.5, 0.6) is 0 Å². The standard InChI is InChI=1S/C23H25NO2/c1-18-13-15-20(16-14-18)22-17-24-23(26-22)21(25)12-8-3-2-5-9-19-10-6-4-7-11-19/h4,6-7,10-11,13-17H,2-3,5,8-9,12H2,1H3. The van der Waals surface area contributed by atoms with Gasteiger partial charge in [0.05, 0.1) is 6.20 Å². The Hall–Kier alpha value is -2.68. The van der Waals surface area contributed by atoms with Gasteiger partial charge in [-0.25, -0.2) is 4.98 Å². The SMILES string of the molecule is Cc1ccc(-c2cnc(C(=O)CCCCCCc3ccccc3)o2)cc1. The highest BCUT2D eigenvalue weighted by molar-refractivity contribution is 5.91. The molecular formula is C23H25NO2. The number of carbonyl (C=O) groups excluding carboxylic acids is 1. The summed E-state index contributed by atoms with van der Waals surface area (Å²) in [6, 6.07) is 18.5. The Morgan fingerprint density at radius 1 is 0.923 bits per heavy atom. The van der Waals surface area contributed by atoms with E-state index in [0.717, 1.165) is 37.7 Å². The minimum absolute atomic E-state index is 0.00794. The summed E-state index contributed by atoms with van der Waals surface area (Å²) in [4.78, 5) is 16.4. The molecule has 1 aromatic heterocycles. The topological polar surface area (TPSA) is 43.1 Å². The number of rotatable bonds is 9. The number of aryl methyl sites for hydroxylation is 2. The fourth-order valence-electron chi connectivity index (χ4n) is 2.97. The molecule has 0 spiro atoms. The number of oxazole rings is 1. The lowest BCUT2D eigenvalue weighted by Gasteiger charge is -2.01. The van der Waals surface area contributed by atoms with E-state index in [2.05, 4.69) is 29.2 Å². The largest absolute Gasteiger partial charge is 0.434 e. The number of benzene rings is 2. The first-order valence-electron chi connectivity index (χ1n) is 9.32. The van der Waals surface area contributed by atoms with Crippen molar-refractivity contribution in [3.05, 3.63) is 77.8 Å². The quantitative estimate of drug-likeness (QED) is 0.351. The molecule has 3 heteroatoms. The highest BCUT2D eigenvalue weighted by atomic mass is 16.4. The first-order chi connectivity index (χ1) is 12.7. The molecule has 0 aliphatic rings. The van der Waals surface area contributed by atoms with Crippen LogP contribution in [0.3, 0.4) is 0 Å². The van der Waals surface area contributed by atoms with Gasteiger partial charge in [-0.15, -0.1) is 0 Å². The van der Waals surface area contributed by atoms with Crippen molar-refractivity contribution in [2.24, 2.45) is 0 Å². The molecule has 0 bridgehead atoms. The van der Waals surface area contributed by atoms with Crippen LogP contribution in [-0.2, 0) is 6.42 Å². The molecule has 3 rings (SSSR count). The minimum atomic E-state index is -0.00794. The Kier molecular flexibility index (Phi) is 6.37. The van der Waals surface area contributed by atoms with Crippen LogP contribution in [0.2, 0.25) is 0 Å². The Labute approximate surface area is 155 Å². The van der Waals surface area contributed by atoms with Crippen molar-refractivity contribution >= 4 is 5.78 Å². The smallest absolute Gasteiger partial charge is 0.263 e. The van der Waals surface area contributed by atoms with Crippen LogP contribution in [0, 0.1) is 6.92 Å². The third kappa shape index (κ3) is 5.16. The molecule has 1 heterocycles. The molecule has 0 saturated heterocycles. The van der Waals surface area contributed by atoms with E-state index in [9.17, 15) is 4.79 Å². The van der Waals surface area contributed by atoms with Gasteiger partial charge in [0.1, 0.15) is 0 Å². The van der Waals surface area contributed by atoms with Gasteiger partial charge in [-0.3, -0.25) is 4.79 Å². The Morgan fingerprint density at radius 2 is 1.65 bits per heavy atom. The zero-order chi connectivity index (χ0) is 18.2. The van der Waals surface area contributed by atoms with Crippen LogP contribution in [0.4, 0.5) is 0 Å². The molecule has 0 radical (unpaired) electrons. The van der Waals surface area contributed by atoms with Crippen LogP contribution in [0.25, 0.3) is 11.3 Å². The van der Waals surface area contributed by atoms with Crippen molar-refractivity contribution in [2.45, 2.75) is 45.4 Å². The van der Waals surface area contributed by atoms with E-state index in [1.54, 1.807) is 6.20 Å². The molecule has 3 aromatic rings. The van der Waals surface area contributed by atoms with Gasteiger partial charge in [0, 0.05) is 12.0 Å². The predicted molar refractivity (Wildman–Crippen MR) is 104 cm³/mol. The maximum atomic E-state index is 12.2. The number of Topliss-reactive ketones (excluding diaryl/α,β-unsaturated/α-hetero) is 1. The van der Waals surface area contributed by atoms with Gasteiger partial charge < -0.3 is 4.42 Å². The van der Waals surface area contributed by atoms with Crippen molar-refractivity contribution in [1.82, 2.24) is 4.98 Å². The number of carbonyl (C=O) groups is 1. The van der Waals surface area contributed by atoms with E-state index < -0.39 is 0 Å². The molecule has 3 nitrogen and oxygen atoms in total. The van der Waals surface area contributed by atoms with Crippen molar-refractivity contribution < 1.29 is 9.21 Å². The lowest BCUT2D eigenvalue weighted by atomic mass is 10.0. The minimum Gasteiger partial charge on any atom is -0.434 e. The van der Waals surface area contributed by atoms with Gasteiger partial charge in [-0.05, 0) is 31.7 Å². The summed E-state index contributed by atoms with van der Waals surface area (Å²) in [7, 11) is 0. The van der Waals surface area contributed by atoms with E-state index >= 15 is 0 Å². The molecule has 0 unspecified atom stereocenters. The first-order valence-corrected chi connectivity index (χ1v) is 9.32. The lowest BCUT2D eigenvalue weighted by molar-refractivity contribution is 0.0946. The van der Waals surface area contributed by atoms with Crippen LogP contribution < -0.4 is 0 Å². The summed E-state index contributed by atoms with van der Waals surface area (Å²) >= 11 is 0. The van der Waals surface area contributed by atoms with Gasteiger partial charge in [0.2, 0.25) is 5.78 Å². The van der Waals surface area contributed by atoms with Crippen LogP contribution in [0.1, 0.15) is 53.9 Å². The predicted octanol–water partition coefficient (Wildman–Crippen LogP) is 6.03. The maximum absolute atomic E-state index is 12.2. The Balaban J connectivity index is 1.39. The Bertz CT molecular complexity index is 819. The summed E-state index contributed by atoms with van der Waals surface area (Å²) in [5, 5.41) is 0. The highest BCUT2D eigenvalue weighted by Crippen LogP contribution is 2.21. The van der Waals surface area contributed by atoms with Crippen LogP contribution in [-0.4, -0.2) is 10.8 Å². The third-order valence-corrected chi connectivity index (χ3v) is 4.54. The van der Waals surface area contributed by atoms with Crippen LogP contribution >= 0.6 is 0 Å². The molecule has 2 aromatic carbocycles. The molecule has 0 fully saturated rings. The second kappa shape index (κ2) is 9.14. The summed E-state index contributed by atoms with van der Waals surface area (Å²) in [6.45, 7) is 2.04. The van der Waals surface area contributed by atoms with E-state index in [1.165, 1.54) is 11.1 Å².